The van der Waals surface area contributed by atoms with Gasteiger partial charge in [0.2, 0.25) is 5.91 Å². The van der Waals surface area contributed by atoms with Crippen molar-refractivity contribution in [2.24, 2.45) is 11.8 Å². The first-order chi connectivity index (χ1) is 8.45. The maximum absolute atomic E-state index is 11.8. The molecule has 0 radical (unpaired) electrons. The fourth-order valence-electron chi connectivity index (χ4n) is 2.01. The molecule has 0 aromatic carbocycles. The van der Waals surface area contributed by atoms with E-state index in [4.69, 9.17) is 11.2 Å². The minimum atomic E-state index is -0.479. The van der Waals surface area contributed by atoms with Crippen molar-refractivity contribution >= 4 is 11.9 Å². The van der Waals surface area contributed by atoms with E-state index in [0.717, 1.165) is 0 Å². The quantitative estimate of drug-likeness (QED) is 0.563. The summed E-state index contributed by atoms with van der Waals surface area (Å²) in [4.78, 5) is 25.4. The second kappa shape index (κ2) is 6.44. The van der Waals surface area contributed by atoms with Gasteiger partial charge in [-0.1, -0.05) is 19.8 Å². The molecule has 1 heterocycles. The number of rotatable bonds is 3. The maximum atomic E-state index is 11.8. The van der Waals surface area contributed by atoms with Crippen molar-refractivity contribution in [1.82, 2.24) is 4.90 Å². The Morgan fingerprint density at radius 1 is 1.28 bits per heavy atom. The third-order valence-electron chi connectivity index (χ3n) is 3.16. The predicted octanol–water partition coefficient (Wildman–Crippen LogP) is 1.45. The summed E-state index contributed by atoms with van der Waals surface area (Å²) >= 11 is 0. The molecule has 0 aromatic rings. The van der Waals surface area contributed by atoms with Crippen molar-refractivity contribution in [1.29, 1.82) is 0 Å². The lowest BCUT2D eigenvalue weighted by Gasteiger charge is -2.32. The standard InChI is InChI=1S/C14H21NO3/c1-5-11(4)18-14(17)12-6-8-15(9-7-12)13(16)10(2)3/h1,10-12H,6-9H2,2-4H3. The van der Waals surface area contributed by atoms with Crippen LogP contribution in [0.1, 0.15) is 33.6 Å². The highest BCUT2D eigenvalue weighted by atomic mass is 16.5. The second-order valence-electron chi connectivity index (χ2n) is 5.00. The van der Waals surface area contributed by atoms with E-state index in [1.54, 1.807) is 6.92 Å². The average molecular weight is 251 g/mol. The van der Waals surface area contributed by atoms with Crippen LogP contribution in [0.3, 0.4) is 0 Å². The van der Waals surface area contributed by atoms with E-state index in [1.807, 2.05) is 18.7 Å². The Morgan fingerprint density at radius 3 is 2.28 bits per heavy atom. The van der Waals surface area contributed by atoms with Gasteiger partial charge in [-0.2, -0.15) is 0 Å². The molecular formula is C14H21NO3. The van der Waals surface area contributed by atoms with E-state index in [9.17, 15) is 9.59 Å². The predicted molar refractivity (Wildman–Crippen MR) is 68.5 cm³/mol. The van der Waals surface area contributed by atoms with Crippen molar-refractivity contribution in [2.45, 2.75) is 39.7 Å². The Balaban J connectivity index is 2.42. The summed E-state index contributed by atoms with van der Waals surface area (Å²) in [6.45, 7) is 6.70. The molecule has 1 amide bonds. The Labute approximate surface area is 109 Å². The fourth-order valence-corrected chi connectivity index (χ4v) is 2.01. The minimum Gasteiger partial charge on any atom is -0.449 e. The topological polar surface area (TPSA) is 46.6 Å². The highest BCUT2D eigenvalue weighted by Gasteiger charge is 2.29. The van der Waals surface area contributed by atoms with Crippen LogP contribution >= 0.6 is 0 Å². The van der Waals surface area contributed by atoms with E-state index in [-0.39, 0.29) is 23.7 Å². The molecule has 1 fully saturated rings. The van der Waals surface area contributed by atoms with Crippen molar-refractivity contribution in [3.8, 4) is 12.3 Å². The number of terminal acetylenes is 1. The van der Waals surface area contributed by atoms with Crippen LogP contribution in [0.2, 0.25) is 0 Å². The molecule has 1 aliphatic rings. The molecule has 100 valence electrons. The Bertz CT molecular complexity index is 349. The smallest absolute Gasteiger partial charge is 0.310 e. The van der Waals surface area contributed by atoms with Gasteiger partial charge < -0.3 is 9.64 Å². The van der Waals surface area contributed by atoms with Crippen LogP contribution in [-0.2, 0) is 14.3 Å². The van der Waals surface area contributed by atoms with Gasteiger partial charge in [0.1, 0.15) is 0 Å². The van der Waals surface area contributed by atoms with E-state index < -0.39 is 6.10 Å². The second-order valence-corrected chi connectivity index (χ2v) is 5.00. The summed E-state index contributed by atoms with van der Waals surface area (Å²) < 4.78 is 5.10. The Kier molecular flexibility index (Phi) is 5.21. The normalized spacial score (nSPS) is 18.3. The van der Waals surface area contributed by atoms with Gasteiger partial charge in [0.15, 0.2) is 6.10 Å². The number of hydrogen-bond donors (Lipinski definition) is 0. The van der Waals surface area contributed by atoms with Crippen LogP contribution in [0.15, 0.2) is 0 Å². The third kappa shape index (κ3) is 3.76. The van der Waals surface area contributed by atoms with E-state index in [2.05, 4.69) is 5.92 Å². The maximum Gasteiger partial charge on any atom is 0.310 e. The lowest BCUT2D eigenvalue weighted by molar-refractivity contribution is -0.154. The molecule has 0 aliphatic carbocycles. The number of likely N-dealkylation sites (tertiary alicyclic amines) is 1. The summed E-state index contributed by atoms with van der Waals surface area (Å²) in [7, 11) is 0. The number of ether oxygens (including phenoxy) is 1. The minimum absolute atomic E-state index is 0.00923. The molecular weight excluding hydrogens is 230 g/mol. The lowest BCUT2D eigenvalue weighted by atomic mass is 9.96. The lowest BCUT2D eigenvalue weighted by Crippen LogP contribution is -2.42. The highest BCUT2D eigenvalue weighted by Crippen LogP contribution is 2.20. The molecule has 1 atom stereocenters. The van der Waals surface area contributed by atoms with E-state index >= 15 is 0 Å². The first-order valence-corrected chi connectivity index (χ1v) is 6.41. The molecule has 18 heavy (non-hydrogen) atoms. The first-order valence-electron chi connectivity index (χ1n) is 6.41. The number of carbonyl (C=O) groups is 2. The average Bonchev–Trinajstić information content (AvgIpc) is 2.37. The number of piperidine rings is 1. The number of esters is 1. The monoisotopic (exact) mass is 251 g/mol. The molecule has 1 rings (SSSR count). The zero-order chi connectivity index (χ0) is 13.7. The van der Waals surface area contributed by atoms with Gasteiger partial charge in [0, 0.05) is 19.0 Å². The Hall–Kier alpha value is -1.50. The number of amides is 1. The van der Waals surface area contributed by atoms with E-state index in [0.29, 0.717) is 25.9 Å². The molecule has 0 spiro atoms. The molecule has 1 saturated heterocycles. The van der Waals surface area contributed by atoms with E-state index in [1.165, 1.54) is 0 Å². The van der Waals surface area contributed by atoms with Crippen molar-refractivity contribution in [3.63, 3.8) is 0 Å². The first kappa shape index (κ1) is 14.6. The van der Waals surface area contributed by atoms with Gasteiger partial charge in [-0.05, 0) is 19.8 Å². The molecule has 4 nitrogen and oxygen atoms in total. The van der Waals surface area contributed by atoms with Crippen LogP contribution < -0.4 is 0 Å². The van der Waals surface area contributed by atoms with Crippen LogP contribution in [0.25, 0.3) is 0 Å². The summed E-state index contributed by atoms with van der Waals surface area (Å²) in [5.74, 6) is 2.16. The van der Waals surface area contributed by atoms with Crippen molar-refractivity contribution < 1.29 is 14.3 Å². The summed E-state index contributed by atoms with van der Waals surface area (Å²) in [5, 5.41) is 0. The SMILES string of the molecule is C#CC(C)OC(=O)C1CCN(C(=O)C(C)C)CC1. The zero-order valence-electron chi connectivity index (χ0n) is 11.3. The molecule has 0 N–H and O–H groups in total. The van der Waals surface area contributed by atoms with Crippen LogP contribution in [0, 0.1) is 24.2 Å². The van der Waals surface area contributed by atoms with Gasteiger partial charge in [0.05, 0.1) is 5.92 Å². The fraction of sp³-hybridized carbons (Fsp3) is 0.714. The summed E-state index contributed by atoms with van der Waals surface area (Å²) in [5.41, 5.74) is 0. The Morgan fingerprint density at radius 2 is 1.83 bits per heavy atom. The number of nitrogens with zero attached hydrogens (tertiary/aromatic N) is 1. The highest BCUT2D eigenvalue weighted by molar-refractivity contribution is 5.79. The van der Waals surface area contributed by atoms with Crippen LogP contribution in [0.5, 0.6) is 0 Å². The van der Waals surface area contributed by atoms with Gasteiger partial charge in [-0.15, -0.1) is 6.42 Å². The number of carbonyl (C=O) groups excluding carboxylic acids is 2. The van der Waals surface area contributed by atoms with Crippen molar-refractivity contribution in [3.05, 3.63) is 0 Å². The van der Waals surface area contributed by atoms with Gasteiger partial charge in [0.25, 0.3) is 0 Å². The molecule has 4 heteroatoms. The molecule has 1 aliphatic heterocycles. The van der Waals surface area contributed by atoms with Gasteiger partial charge >= 0.3 is 5.97 Å². The third-order valence-corrected chi connectivity index (χ3v) is 3.16. The zero-order valence-corrected chi connectivity index (χ0v) is 11.3. The van der Waals surface area contributed by atoms with Crippen LogP contribution in [-0.4, -0.2) is 36.0 Å². The van der Waals surface area contributed by atoms with Gasteiger partial charge in [-0.3, -0.25) is 9.59 Å². The summed E-state index contributed by atoms with van der Waals surface area (Å²) in [6.07, 6.45) is 6.01. The molecule has 0 saturated carbocycles. The largest absolute Gasteiger partial charge is 0.449 e. The number of hydrogen-bond acceptors (Lipinski definition) is 3. The van der Waals surface area contributed by atoms with Crippen LogP contribution in [0.4, 0.5) is 0 Å². The van der Waals surface area contributed by atoms with Gasteiger partial charge in [-0.25, -0.2) is 0 Å². The molecule has 0 bridgehead atoms. The van der Waals surface area contributed by atoms with Crippen molar-refractivity contribution in [2.75, 3.05) is 13.1 Å². The molecule has 1 unspecified atom stereocenters. The summed E-state index contributed by atoms with van der Waals surface area (Å²) in [6, 6.07) is 0. The molecule has 0 aromatic heterocycles.